The molecule has 1 aliphatic heterocycles. The van der Waals surface area contributed by atoms with Crippen molar-refractivity contribution in [2.45, 2.75) is 95.4 Å². The molecule has 4 aromatic rings. The van der Waals surface area contributed by atoms with Crippen LogP contribution < -0.4 is 46.8 Å². The van der Waals surface area contributed by atoms with E-state index in [-0.39, 0.29) is 163 Å². The molecule has 37 heteroatoms. The number of halogens is 3. The normalized spacial score (nSPS) is 14.9. The molecule has 95 heavy (non-hydrogen) atoms. The first-order valence-electron chi connectivity index (χ1n) is 30.0. The van der Waals surface area contributed by atoms with Crippen molar-refractivity contribution in [1.29, 1.82) is 0 Å². The number of amides is 5. The summed E-state index contributed by atoms with van der Waals surface area (Å²) >= 11 is 0. The van der Waals surface area contributed by atoms with Gasteiger partial charge in [0.1, 0.15) is 29.4 Å². The molecule has 0 spiro atoms. The molecule has 0 bridgehead atoms. The number of H-pyrrole nitrogens is 1. The summed E-state index contributed by atoms with van der Waals surface area (Å²) in [5, 5.41) is 72.0. The highest BCUT2D eigenvalue weighted by Crippen LogP contribution is 2.27. The summed E-state index contributed by atoms with van der Waals surface area (Å²) in [5.41, 5.74) is 0.908. The number of fused-ring (bicyclic) bond motifs is 1. The highest BCUT2D eigenvalue weighted by atomic mass is 32.2. The summed E-state index contributed by atoms with van der Waals surface area (Å²) in [7, 11) is -2.87. The van der Waals surface area contributed by atoms with E-state index in [1.54, 1.807) is 75.7 Å². The zero-order valence-corrected chi connectivity index (χ0v) is 53.8. The molecule has 0 saturated carbocycles. The molecule has 5 rings (SSSR count). The lowest BCUT2D eigenvalue weighted by atomic mass is 10.1. The van der Waals surface area contributed by atoms with Gasteiger partial charge in [-0.2, -0.15) is 17.9 Å². The number of rotatable bonds is 32. The first-order chi connectivity index (χ1) is 44.7. The van der Waals surface area contributed by atoms with Crippen LogP contribution in [0.3, 0.4) is 0 Å². The number of nitrogens with one attached hydrogen (secondary N) is 8. The number of aliphatic hydroxyl groups excluding tert-OH is 1. The van der Waals surface area contributed by atoms with Crippen LogP contribution in [0.5, 0.6) is 5.75 Å². The summed E-state index contributed by atoms with van der Waals surface area (Å²) < 4.78 is 68.7. The minimum atomic E-state index is -5.08. The molecule has 526 valence electrons. The molecule has 3 atom stereocenters. The maximum absolute atomic E-state index is 13.7. The average molecular weight is 1370 g/mol. The fourth-order valence-corrected chi connectivity index (χ4v) is 11.4. The van der Waals surface area contributed by atoms with Crippen molar-refractivity contribution in [3.8, 4) is 5.75 Å². The summed E-state index contributed by atoms with van der Waals surface area (Å²) in [6.45, 7) is 7.03. The zero-order valence-electron chi connectivity index (χ0n) is 53.0. The molecular weight excluding hydrogens is 1290 g/mol. The van der Waals surface area contributed by atoms with Gasteiger partial charge in [0.2, 0.25) is 39.1 Å². The second-order valence-corrected chi connectivity index (χ2v) is 23.7. The Morgan fingerprint density at radius 3 is 1.79 bits per heavy atom. The van der Waals surface area contributed by atoms with E-state index in [1.807, 2.05) is 0 Å². The van der Waals surface area contributed by atoms with E-state index in [0.717, 1.165) is 5.56 Å². The van der Waals surface area contributed by atoms with Crippen LogP contribution in [0.4, 0.5) is 19.1 Å². The van der Waals surface area contributed by atoms with E-state index >= 15 is 0 Å². The van der Waals surface area contributed by atoms with Gasteiger partial charge in [-0.05, 0) is 74.1 Å². The van der Waals surface area contributed by atoms with Crippen LogP contribution in [0.1, 0.15) is 66.6 Å². The molecule has 2 aromatic carbocycles. The Hall–Kier alpha value is -8.85. The number of anilines is 1. The van der Waals surface area contributed by atoms with E-state index in [2.05, 4.69) is 46.6 Å². The average Bonchev–Trinajstić information content (AvgIpc) is 0.815. The first kappa shape index (κ1) is 78.6. The van der Waals surface area contributed by atoms with Crippen molar-refractivity contribution >= 4 is 80.3 Å². The van der Waals surface area contributed by atoms with Gasteiger partial charge in [0.15, 0.2) is 12.2 Å². The van der Waals surface area contributed by atoms with Crippen LogP contribution in [0.2, 0.25) is 0 Å². The van der Waals surface area contributed by atoms with Gasteiger partial charge in [-0.3, -0.25) is 62.8 Å². The van der Waals surface area contributed by atoms with Gasteiger partial charge >= 0.3 is 30.1 Å². The lowest BCUT2D eigenvalue weighted by Gasteiger charge is -2.33. The van der Waals surface area contributed by atoms with Gasteiger partial charge in [-0.1, -0.05) is 19.9 Å². The minimum absolute atomic E-state index is 0.0158. The van der Waals surface area contributed by atoms with Crippen LogP contribution in [0.15, 0.2) is 58.6 Å². The van der Waals surface area contributed by atoms with Crippen molar-refractivity contribution in [2.75, 3.05) is 110 Å². The number of hydrogen-bond acceptors (Lipinski definition) is 21. The van der Waals surface area contributed by atoms with Gasteiger partial charge in [0.05, 0.1) is 36.7 Å². The molecule has 14 N–H and O–H groups in total. The molecule has 5 amide bonds. The highest BCUT2D eigenvalue weighted by molar-refractivity contribution is 7.89. The van der Waals surface area contributed by atoms with E-state index in [1.165, 1.54) is 32.2 Å². The number of aliphatic hydroxyl groups is 2. The zero-order chi connectivity index (χ0) is 70.7. The largest absolute Gasteiger partial charge is 0.494 e. The number of benzene rings is 2. The van der Waals surface area contributed by atoms with E-state index < -0.39 is 100 Å². The molecule has 1 aliphatic rings. The monoisotopic (exact) mass is 1370 g/mol. The maximum Gasteiger partial charge on any atom is 0.490 e. The summed E-state index contributed by atoms with van der Waals surface area (Å²) in [6, 6.07) is 4.11. The van der Waals surface area contributed by atoms with Crippen molar-refractivity contribution in [2.24, 2.45) is 7.05 Å². The Morgan fingerprint density at radius 1 is 0.726 bits per heavy atom. The summed E-state index contributed by atoms with van der Waals surface area (Å²) in [6.07, 6.45) is -1.55. The molecular formula is C58H83F3N14O19S. The number of carbonyl (C=O) groups excluding carboxylic acids is 5. The highest BCUT2D eigenvalue weighted by Gasteiger charge is 2.38. The third-order valence-corrected chi connectivity index (χ3v) is 16.3. The number of carboxylic acid groups (broad SMARTS) is 4. The second kappa shape index (κ2) is 37.9. The minimum Gasteiger partial charge on any atom is -0.494 e. The van der Waals surface area contributed by atoms with Gasteiger partial charge in [-0.15, -0.1) is 0 Å². The predicted octanol–water partition coefficient (Wildman–Crippen LogP) is -1.83. The number of carboxylic acids is 4. The molecule has 1 fully saturated rings. The third kappa shape index (κ3) is 26.8. The number of aromatic amines is 1. The van der Waals surface area contributed by atoms with E-state index in [4.69, 9.17) is 14.6 Å². The van der Waals surface area contributed by atoms with Crippen LogP contribution in [-0.4, -0.2) is 262 Å². The number of aromatic nitrogens is 3. The van der Waals surface area contributed by atoms with Gasteiger partial charge in [-0.25, -0.2) is 18.2 Å². The number of carbonyl (C=O) groups is 9. The number of pyridine rings is 1. The number of sulfonamides is 1. The van der Waals surface area contributed by atoms with Crippen LogP contribution in [0.25, 0.3) is 10.9 Å². The molecule has 2 aromatic heterocycles. The Labute approximate surface area is 543 Å². The Bertz CT molecular complexity index is 3450. The molecule has 0 aliphatic carbocycles. The number of aryl methyl sites for hydroxylation is 3. The van der Waals surface area contributed by atoms with Crippen molar-refractivity contribution in [3.05, 3.63) is 81.4 Å². The number of ether oxygens (including phenoxy) is 1. The molecule has 3 unspecified atom stereocenters. The topological polar surface area (TPSA) is 466 Å². The number of nitrogens with zero attached hydrogens (tertiary/aromatic N) is 6. The first-order valence-corrected chi connectivity index (χ1v) is 31.5. The molecule has 33 nitrogen and oxygen atoms in total. The maximum atomic E-state index is 13.7. The second-order valence-electron chi connectivity index (χ2n) is 22.0. The molecule has 3 heterocycles. The van der Waals surface area contributed by atoms with Crippen LogP contribution in [0, 0.1) is 13.8 Å². The standard InChI is InChI=1S/C56H82N14O17S.C2HF3O2/c1-6-41(64-54(82)42(7-2)63-46(72)31-67-16-18-68(32-47(73)74)20-22-70(34-49(77)78)23-21-69(19-17-67)33-48(75)76)53(81)58-13-12-57-45(71)9-8-24-87-38-25-35(3)51(36(4)26-38)88(85,86)65-43(55(83)84)29-61-52(80)40-30-66(5)44-27-37(10-11-39(44)50(40)79)28-62-56-59-14-15-60-56;3-2(4,5)1(6)7/h10-11,14-15,25-27,30,41-43,47,65,73-74H,6-9,12-13,16-24,28-29,31-34H2,1-5H3,(H,57,71)(H,58,81)(H,61,80)(H,63,72)(H,64,82)(H,75,76)(H,77,78)(H,83,84)(H2,59,60,62);(H,6,7). The number of alkyl halides is 3. The predicted molar refractivity (Wildman–Crippen MR) is 333 cm³/mol. The molecule has 0 radical (unpaired) electrons. The summed E-state index contributed by atoms with van der Waals surface area (Å²) in [4.78, 5) is 137. The quantitative estimate of drug-likeness (QED) is 0.0189. The SMILES string of the molecule is CCC(NC(=O)CN1CCN(CC(=O)O)CCN(CC(=O)O)CCN(CC(O)O)CC1)C(=O)NC(CC)C(=O)NCCNC(=O)CCCOc1cc(C)c(S(=O)(=O)NC(CNC(=O)c2cn(C)c3cc(CNc4ncc[nH]4)ccc3c2=O)C(=O)O)c(C)c1.O=C(O)C(F)(F)F. The Morgan fingerprint density at radius 2 is 1.27 bits per heavy atom. The van der Waals surface area contributed by atoms with Gasteiger partial charge in [0, 0.05) is 123 Å². The lowest BCUT2D eigenvalue weighted by Crippen LogP contribution is -2.55. The fraction of sp³-hybridized carbons (Fsp3) is 0.534. The van der Waals surface area contributed by atoms with E-state index in [9.17, 15) is 90.3 Å². The van der Waals surface area contributed by atoms with Crippen LogP contribution >= 0.6 is 0 Å². The number of aliphatic carboxylic acids is 4. The number of hydrogen-bond donors (Lipinski definition) is 14. The van der Waals surface area contributed by atoms with Crippen LogP contribution in [-0.2, 0) is 62.0 Å². The number of imidazole rings is 1. The molecule has 1 saturated heterocycles. The summed E-state index contributed by atoms with van der Waals surface area (Å²) in [5.74, 6) is -8.59. The lowest BCUT2D eigenvalue weighted by molar-refractivity contribution is -0.192. The fourth-order valence-electron chi connectivity index (χ4n) is 9.77. The van der Waals surface area contributed by atoms with Crippen molar-refractivity contribution in [1.82, 2.24) is 65.4 Å². The smallest absolute Gasteiger partial charge is 0.490 e. The van der Waals surface area contributed by atoms with Crippen molar-refractivity contribution < 1.29 is 100 Å². The number of β-amino-alcohol motifs (C(OH)–C–C–N with tert-alkyl or cyclic N) is 2. The van der Waals surface area contributed by atoms with Gasteiger partial charge < -0.3 is 76.8 Å². The van der Waals surface area contributed by atoms with E-state index in [0.29, 0.717) is 18.0 Å². The Kier molecular flexibility index (Phi) is 31.3. The van der Waals surface area contributed by atoms with Gasteiger partial charge in [0.25, 0.3) is 5.91 Å². The van der Waals surface area contributed by atoms with Crippen molar-refractivity contribution in [3.63, 3.8) is 0 Å². The Balaban J connectivity index is 0.00000259. The third-order valence-electron chi connectivity index (χ3n) is 14.6.